The van der Waals surface area contributed by atoms with Crippen molar-refractivity contribution in [2.75, 3.05) is 14.2 Å². The predicted octanol–water partition coefficient (Wildman–Crippen LogP) is 2.49. The Morgan fingerprint density at radius 1 is 1.16 bits per heavy atom. The first-order valence-electron chi connectivity index (χ1n) is 7.71. The molecule has 0 atom stereocenters. The number of esters is 1. The summed E-state index contributed by atoms with van der Waals surface area (Å²) in [5, 5.41) is 12.6. The van der Waals surface area contributed by atoms with Crippen molar-refractivity contribution in [2.45, 2.75) is 13.5 Å². The molecule has 7 nitrogen and oxygen atoms in total. The fourth-order valence-electron chi connectivity index (χ4n) is 2.50. The molecule has 1 aromatic heterocycles. The van der Waals surface area contributed by atoms with Gasteiger partial charge in [0.05, 0.1) is 26.3 Å². The third-order valence-corrected chi connectivity index (χ3v) is 3.85. The van der Waals surface area contributed by atoms with Gasteiger partial charge in [-0.2, -0.15) is 4.80 Å². The molecule has 3 rings (SSSR count). The van der Waals surface area contributed by atoms with E-state index < -0.39 is 0 Å². The van der Waals surface area contributed by atoms with Crippen LogP contribution >= 0.6 is 0 Å². The molecule has 25 heavy (non-hydrogen) atoms. The van der Waals surface area contributed by atoms with Gasteiger partial charge in [0.1, 0.15) is 5.75 Å². The molecular formula is C18H18N4O3. The Bertz CT molecular complexity index is 905. The van der Waals surface area contributed by atoms with Gasteiger partial charge in [-0.1, -0.05) is 30.3 Å². The molecule has 0 bridgehead atoms. The number of nitrogens with zero attached hydrogens (tertiary/aromatic N) is 4. The van der Waals surface area contributed by atoms with E-state index in [1.807, 2.05) is 37.3 Å². The molecule has 0 saturated carbocycles. The van der Waals surface area contributed by atoms with Crippen molar-refractivity contribution in [2.24, 2.45) is 0 Å². The number of benzene rings is 2. The van der Waals surface area contributed by atoms with Crippen LogP contribution in [0.3, 0.4) is 0 Å². The Hall–Kier alpha value is -3.22. The van der Waals surface area contributed by atoms with Gasteiger partial charge < -0.3 is 9.47 Å². The summed E-state index contributed by atoms with van der Waals surface area (Å²) in [6.07, 6.45) is 0. The van der Waals surface area contributed by atoms with Gasteiger partial charge in [-0.3, -0.25) is 0 Å². The number of aromatic nitrogens is 4. The van der Waals surface area contributed by atoms with Gasteiger partial charge in [0, 0.05) is 5.56 Å². The molecule has 0 amide bonds. The predicted molar refractivity (Wildman–Crippen MR) is 91.4 cm³/mol. The summed E-state index contributed by atoms with van der Waals surface area (Å²) in [6, 6.07) is 12.9. The van der Waals surface area contributed by atoms with E-state index in [0.29, 0.717) is 17.9 Å². The van der Waals surface area contributed by atoms with E-state index >= 15 is 0 Å². The molecule has 0 saturated heterocycles. The highest BCUT2D eigenvalue weighted by molar-refractivity contribution is 5.90. The lowest BCUT2D eigenvalue weighted by molar-refractivity contribution is 0.0599. The van der Waals surface area contributed by atoms with Crippen molar-refractivity contribution < 1.29 is 14.3 Å². The average Bonchev–Trinajstić information content (AvgIpc) is 3.10. The molecule has 0 unspecified atom stereocenters. The lowest BCUT2D eigenvalue weighted by Gasteiger charge is -2.06. The van der Waals surface area contributed by atoms with Crippen molar-refractivity contribution in [1.82, 2.24) is 20.2 Å². The van der Waals surface area contributed by atoms with Gasteiger partial charge in [0.25, 0.3) is 0 Å². The molecule has 0 aliphatic heterocycles. The van der Waals surface area contributed by atoms with E-state index in [1.165, 1.54) is 11.9 Å². The first-order valence-corrected chi connectivity index (χ1v) is 7.71. The van der Waals surface area contributed by atoms with E-state index in [4.69, 9.17) is 9.47 Å². The molecule has 1 heterocycles. The normalized spacial score (nSPS) is 10.5. The number of aryl methyl sites for hydroxylation is 1. The van der Waals surface area contributed by atoms with Crippen molar-refractivity contribution in [1.29, 1.82) is 0 Å². The number of hydrogen-bond donors (Lipinski definition) is 0. The van der Waals surface area contributed by atoms with Crippen molar-refractivity contribution in [3.8, 4) is 17.1 Å². The quantitative estimate of drug-likeness (QED) is 0.665. The van der Waals surface area contributed by atoms with Gasteiger partial charge in [-0.15, -0.1) is 10.2 Å². The van der Waals surface area contributed by atoms with E-state index in [1.54, 1.807) is 19.2 Å². The fourth-order valence-corrected chi connectivity index (χ4v) is 2.50. The molecular weight excluding hydrogens is 320 g/mol. The minimum atomic E-state index is -0.390. The van der Waals surface area contributed by atoms with Gasteiger partial charge in [0.2, 0.25) is 5.82 Å². The number of methoxy groups -OCH3 is 2. The Labute approximate surface area is 145 Å². The van der Waals surface area contributed by atoms with Gasteiger partial charge >= 0.3 is 5.97 Å². The van der Waals surface area contributed by atoms with Crippen LogP contribution in [0, 0.1) is 6.92 Å². The van der Waals surface area contributed by atoms with Crippen LogP contribution in [-0.2, 0) is 11.3 Å². The third kappa shape index (κ3) is 3.50. The molecule has 0 aliphatic rings. The van der Waals surface area contributed by atoms with Crippen molar-refractivity contribution in [3.63, 3.8) is 0 Å². The Kier molecular flexibility index (Phi) is 4.74. The van der Waals surface area contributed by atoms with Crippen LogP contribution in [-0.4, -0.2) is 40.4 Å². The molecule has 0 fully saturated rings. The van der Waals surface area contributed by atoms with Crippen molar-refractivity contribution in [3.05, 3.63) is 59.2 Å². The summed E-state index contributed by atoms with van der Waals surface area (Å²) in [4.78, 5) is 13.3. The number of carbonyl (C=O) groups is 1. The SMILES string of the molecule is COC(=O)c1ccccc1Cn1nnc(-c2ccc(C)c(OC)c2)n1. The number of tetrazole rings is 1. The summed E-state index contributed by atoms with van der Waals surface area (Å²) in [5.74, 6) is 0.873. The second-order valence-corrected chi connectivity index (χ2v) is 5.48. The van der Waals surface area contributed by atoms with E-state index in [-0.39, 0.29) is 5.97 Å². The summed E-state index contributed by atoms with van der Waals surface area (Å²) in [6.45, 7) is 2.29. The van der Waals surface area contributed by atoms with Crippen LogP contribution in [0.1, 0.15) is 21.5 Å². The van der Waals surface area contributed by atoms with Crippen LogP contribution < -0.4 is 4.74 Å². The number of ether oxygens (including phenoxy) is 2. The zero-order valence-corrected chi connectivity index (χ0v) is 14.3. The van der Waals surface area contributed by atoms with Crippen LogP contribution in [0.25, 0.3) is 11.4 Å². The molecule has 128 valence electrons. The van der Waals surface area contributed by atoms with E-state index in [9.17, 15) is 4.79 Å². The zero-order chi connectivity index (χ0) is 17.8. The lowest BCUT2D eigenvalue weighted by Crippen LogP contribution is -2.10. The molecule has 0 spiro atoms. The maximum atomic E-state index is 11.9. The topological polar surface area (TPSA) is 79.1 Å². The maximum Gasteiger partial charge on any atom is 0.338 e. The molecule has 0 aliphatic carbocycles. The first-order chi connectivity index (χ1) is 12.1. The van der Waals surface area contributed by atoms with E-state index in [0.717, 1.165) is 22.4 Å². The van der Waals surface area contributed by atoms with Gasteiger partial charge in [-0.05, 0) is 35.4 Å². The Morgan fingerprint density at radius 3 is 2.72 bits per heavy atom. The Balaban J connectivity index is 1.87. The van der Waals surface area contributed by atoms with Crippen LogP contribution in [0.5, 0.6) is 5.75 Å². The van der Waals surface area contributed by atoms with Crippen molar-refractivity contribution >= 4 is 5.97 Å². The number of rotatable bonds is 5. The molecule has 3 aromatic rings. The highest BCUT2D eigenvalue weighted by atomic mass is 16.5. The molecule has 2 aromatic carbocycles. The first kappa shape index (κ1) is 16.6. The molecule has 0 N–H and O–H groups in total. The summed E-state index contributed by atoms with van der Waals surface area (Å²) in [7, 11) is 2.98. The third-order valence-electron chi connectivity index (χ3n) is 3.85. The Morgan fingerprint density at radius 2 is 1.96 bits per heavy atom. The summed E-state index contributed by atoms with van der Waals surface area (Å²) in [5.41, 5.74) is 3.10. The lowest BCUT2D eigenvalue weighted by atomic mass is 10.1. The van der Waals surface area contributed by atoms with Crippen LogP contribution in [0.2, 0.25) is 0 Å². The smallest absolute Gasteiger partial charge is 0.338 e. The molecule has 7 heteroatoms. The highest BCUT2D eigenvalue weighted by Gasteiger charge is 2.13. The minimum absolute atomic E-state index is 0.321. The maximum absolute atomic E-state index is 11.9. The number of hydrogen-bond acceptors (Lipinski definition) is 6. The molecule has 0 radical (unpaired) electrons. The zero-order valence-electron chi connectivity index (χ0n) is 14.3. The van der Waals surface area contributed by atoms with Crippen LogP contribution in [0.15, 0.2) is 42.5 Å². The van der Waals surface area contributed by atoms with Gasteiger partial charge in [-0.25, -0.2) is 4.79 Å². The largest absolute Gasteiger partial charge is 0.496 e. The second kappa shape index (κ2) is 7.12. The van der Waals surface area contributed by atoms with Gasteiger partial charge in [0.15, 0.2) is 0 Å². The second-order valence-electron chi connectivity index (χ2n) is 5.48. The van der Waals surface area contributed by atoms with E-state index in [2.05, 4.69) is 15.4 Å². The fraction of sp³-hybridized carbons (Fsp3) is 0.222. The van der Waals surface area contributed by atoms with Crippen LogP contribution in [0.4, 0.5) is 0 Å². The summed E-state index contributed by atoms with van der Waals surface area (Å²) < 4.78 is 10.1. The standard InChI is InChI=1S/C18H18N4O3/c1-12-8-9-13(10-16(12)24-2)17-19-21-22(20-17)11-14-6-4-5-7-15(14)18(23)25-3/h4-10H,11H2,1-3H3. The average molecular weight is 338 g/mol. The monoisotopic (exact) mass is 338 g/mol. The minimum Gasteiger partial charge on any atom is -0.496 e. The summed E-state index contributed by atoms with van der Waals surface area (Å²) >= 11 is 0. The highest BCUT2D eigenvalue weighted by Crippen LogP contribution is 2.24. The number of carbonyl (C=O) groups excluding carboxylic acids is 1.